The lowest BCUT2D eigenvalue weighted by atomic mass is 9.90. The number of carboxylic acids is 1. The first-order valence-corrected chi connectivity index (χ1v) is 9.98. The second-order valence-corrected chi connectivity index (χ2v) is 8.09. The van der Waals surface area contributed by atoms with E-state index in [1.165, 1.54) is 0 Å². The lowest BCUT2D eigenvalue weighted by Gasteiger charge is -2.39. The van der Waals surface area contributed by atoms with E-state index in [0.717, 1.165) is 56.8 Å². The number of aryl methyl sites for hydroxylation is 1. The Labute approximate surface area is 178 Å². The molecule has 0 saturated carbocycles. The zero-order valence-electron chi connectivity index (χ0n) is 17.9. The maximum Gasteiger partial charge on any atom is 0.490 e. The second kappa shape index (κ2) is 10.3. The van der Waals surface area contributed by atoms with Gasteiger partial charge in [0, 0.05) is 46.3 Å². The summed E-state index contributed by atoms with van der Waals surface area (Å²) in [7, 11) is 3.50. The fourth-order valence-corrected chi connectivity index (χ4v) is 3.71. The monoisotopic (exact) mass is 450 g/mol. The van der Waals surface area contributed by atoms with Crippen LogP contribution in [0.2, 0.25) is 0 Å². The summed E-state index contributed by atoms with van der Waals surface area (Å²) in [6.45, 7) is 5.25. The van der Waals surface area contributed by atoms with Gasteiger partial charge in [-0.3, -0.25) is 4.90 Å². The Kier molecular flexibility index (Phi) is 8.29. The Hall–Kier alpha value is -2.34. The molecule has 31 heavy (non-hydrogen) atoms. The van der Waals surface area contributed by atoms with E-state index in [2.05, 4.69) is 15.4 Å². The molecule has 3 heterocycles. The molecular formula is C19H29F3N4O5. The lowest BCUT2D eigenvalue weighted by molar-refractivity contribution is -0.192. The highest BCUT2D eigenvalue weighted by Crippen LogP contribution is 2.37. The molecule has 2 amide bonds. The number of aliphatic carboxylic acids is 1. The molecule has 1 aromatic rings. The average molecular weight is 450 g/mol. The number of likely N-dealkylation sites (tertiary alicyclic amines) is 1. The number of carboxylic acid groups (broad SMARTS) is 1. The summed E-state index contributed by atoms with van der Waals surface area (Å²) in [5, 5.41) is 14.1. The fraction of sp³-hybridized carbons (Fsp3) is 0.737. The van der Waals surface area contributed by atoms with Crippen molar-refractivity contribution in [2.24, 2.45) is 0 Å². The summed E-state index contributed by atoms with van der Waals surface area (Å²) in [6.07, 6.45) is -0.671. The Morgan fingerprint density at radius 3 is 2.61 bits per heavy atom. The largest absolute Gasteiger partial charge is 0.490 e. The van der Waals surface area contributed by atoms with Crippen molar-refractivity contribution in [1.82, 2.24) is 20.3 Å². The molecule has 1 spiro atoms. The molecule has 0 aromatic carbocycles. The van der Waals surface area contributed by atoms with Crippen molar-refractivity contribution in [3.05, 3.63) is 17.5 Å². The topological polar surface area (TPSA) is 108 Å². The maximum absolute atomic E-state index is 11.7. The van der Waals surface area contributed by atoms with Gasteiger partial charge in [-0.2, -0.15) is 13.2 Å². The van der Waals surface area contributed by atoms with Crippen LogP contribution in [0.4, 0.5) is 18.0 Å². The summed E-state index contributed by atoms with van der Waals surface area (Å²) >= 11 is 0. The van der Waals surface area contributed by atoms with Gasteiger partial charge in [-0.15, -0.1) is 0 Å². The number of urea groups is 1. The molecule has 9 nitrogen and oxygen atoms in total. The number of rotatable bonds is 4. The van der Waals surface area contributed by atoms with Crippen LogP contribution in [0.25, 0.3) is 0 Å². The normalized spacial score (nSPS) is 23.9. The molecular weight excluding hydrogens is 421 g/mol. The molecule has 2 atom stereocenters. The predicted octanol–water partition coefficient (Wildman–Crippen LogP) is 2.40. The van der Waals surface area contributed by atoms with Crippen molar-refractivity contribution in [1.29, 1.82) is 0 Å². The standard InChI is InChI=1S/C17H28N4O3.C2HF3O2/c1-13-9-14(19-24-13)11-21-8-7-17(12-21)6-4-5-15(23-17)10-18-16(22)20(2)3;3-2(4,5)1(6)7/h9,15H,4-8,10-12H2,1-3H3,(H,18,22);(H,6,7)/t15-,17+;/m0./s1. The number of aromatic nitrogens is 1. The summed E-state index contributed by atoms with van der Waals surface area (Å²) in [6, 6.07) is 1.93. The van der Waals surface area contributed by atoms with Crippen molar-refractivity contribution in [3.63, 3.8) is 0 Å². The lowest BCUT2D eigenvalue weighted by Crippen LogP contribution is -2.48. The van der Waals surface area contributed by atoms with E-state index in [1.807, 2.05) is 13.0 Å². The van der Waals surface area contributed by atoms with Crippen LogP contribution < -0.4 is 5.32 Å². The van der Waals surface area contributed by atoms with Gasteiger partial charge in [0.05, 0.1) is 17.4 Å². The molecule has 2 fully saturated rings. The zero-order chi connectivity index (χ0) is 23.2. The molecule has 12 heteroatoms. The van der Waals surface area contributed by atoms with Gasteiger partial charge in [0.2, 0.25) is 0 Å². The van der Waals surface area contributed by atoms with Crippen molar-refractivity contribution >= 4 is 12.0 Å². The van der Waals surface area contributed by atoms with Gasteiger partial charge in [0.1, 0.15) is 5.76 Å². The summed E-state index contributed by atoms with van der Waals surface area (Å²) in [5.41, 5.74) is 0.917. The van der Waals surface area contributed by atoms with Crippen LogP contribution in [-0.4, -0.2) is 83.7 Å². The molecule has 2 aliphatic rings. The molecule has 0 unspecified atom stereocenters. The van der Waals surface area contributed by atoms with E-state index in [1.54, 1.807) is 19.0 Å². The number of alkyl halides is 3. The highest BCUT2D eigenvalue weighted by molar-refractivity contribution is 5.73. The number of ether oxygens (including phenoxy) is 1. The first-order chi connectivity index (χ1) is 14.4. The minimum atomic E-state index is -5.08. The quantitative estimate of drug-likeness (QED) is 0.725. The Morgan fingerprint density at radius 1 is 1.39 bits per heavy atom. The summed E-state index contributed by atoms with van der Waals surface area (Å²) in [5.74, 6) is -1.91. The van der Waals surface area contributed by atoms with Crippen LogP contribution in [0, 0.1) is 6.92 Å². The van der Waals surface area contributed by atoms with Gasteiger partial charge in [-0.1, -0.05) is 5.16 Å². The number of nitrogens with zero attached hydrogens (tertiary/aromatic N) is 3. The number of amides is 2. The molecule has 1 aromatic heterocycles. The highest BCUT2D eigenvalue weighted by atomic mass is 19.4. The van der Waals surface area contributed by atoms with Gasteiger partial charge in [0.25, 0.3) is 0 Å². The van der Waals surface area contributed by atoms with Gasteiger partial charge in [-0.05, 0) is 32.6 Å². The van der Waals surface area contributed by atoms with E-state index in [0.29, 0.717) is 6.54 Å². The molecule has 2 saturated heterocycles. The van der Waals surface area contributed by atoms with Crippen LogP contribution >= 0.6 is 0 Å². The highest BCUT2D eigenvalue weighted by Gasteiger charge is 2.43. The van der Waals surface area contributed by atoms with Gasteiger partial charge < -0.3 is 24.6 Å². The zero-order valence-corrected chi connectivity index (χ0v) is 17.9. The molecule has 2 N–H and O–H groups in total. The van der Waals surface area contributed by atoms with E-state index < -0.39 is 12.1 Å². The molecule has 2 aliphatic heterocycles. The van der Waals surface area contributed by atoms with Gasteiger partial charge in [0.15, 0.2) is 0 Å². The Balaban J connectivity index is 0.000000423. The minimum absolute atomic E-state index is 0.0623. The predicted molar refractivity (Wildman–Crippen MR) is 103 cm³/mol. The molecule has 0 aliphatic carbocycles. The summed E-state index contributed by atoms with van der Waals surface area (Å²) < 4.78 is 43.3. The Bertz CT molecular complexity index is 755. The van der Waals surface area contributed by atoms with E-state index in [-0.39, 0.29) is 17.7 Å². The first-order valence-electron chi connectivity index (χ1n) is 9.98. The third-order valence-corrected chi connectivity index (χ3v) is 5.16. The van der Waals surface area contributed by atoms with E-state index in [9.17, 15) is 18.0 Å². The van der Waals surface area contributed by atoms with Crippen molar-refractivity contribution < 1.29 is 37.1 Å². The van der Waals surface area contributed by atoms with Gasteiger partial charge in [-0.25, -0.2) is 9.59 Å². The third-order valence-electron chi connectivity index (χ3n) is 5.16. The number of hydrogen-bond donors (Lipinski definition) is 2. The van der Waals surface area contributed by atoms with E-state index >= 15 is 0 Å². The van der Waals surface area contributed by atoms with Crippen molar-refractivity contribution in [2.45, 2.75) is 57.0 Å². The van der Waals surface area contributed by atoms with Crippen LogP contribution in [0.15, 0.2) is 10.6 Å². The molecule has 0 bridgehead atoms. The summed E-state index contributed by atoms with van der Waals surface area (Å²) in [4.78, 5) is 24.5. The van der Waals surface area contributed by atoms with Crippen LogP contribution in [0.3, 0.4) is 0 Å². The van der Waals surface area contributed by atoms with Crippen molar-refractivity contribution in [3.8, 4) is 0 Å². The number of halogens is 3. The average Bonchev–Trinajstić information content (AvgIpc) is 3.25. The van der Waals surface area contributed by atoms with Crippen LogP contribution in [-0.2, 0) is 16.1 Å². The smallest absolute Gasteiger partial charge is 0.475 e. The SMILES string of the molecule is Cc1cc(CN2CC[C@]3(CCC[C@@H](CNC(=O)N(C)C)O3)C2)no1.O=C(O)C(F)(F)F. The number of carbonyl (C=O) groups is 2. The van der Waals surface area contributed by atoms with E-state index in [4.69, 9.17) is 19.2 Å². The minimum Gasteiger partial charge on any atom is -0.475 e. The first kappa shape index (κ1) is 24.9. The van der Waals surface area contributed by atoms with Crippen LogP contribution in [0.1, 0.15) is 37.1 Å². The molecule has 176 valence electrons. The number of nitrogens with one attached hydrogen (secondary N) is 1. The second-order valence-electron chi connectivity index (χ2n) is 8.09. The maximum atomic E-state index is 11.7. The Morgan fingerprint density at radius 2 is 2.06 bits per heavy atom. The number of hydrogen-bond acceptors (Lipinski definition) is 6. The van der Waals surface area contributed by atoms with Crippen LogP contribution in [0.5, 0.6) is 0 Å². The van der Waals surface area contributed by atoms with Gasteiger partial charge >= 0.3 is 18.2 Å². The molecule has 0 radical (unpaired) electrons. The number of carbonyl (C=O) groups excluding carboxylic acids is 1. The third kappa shape index (κ3) is 7.69. The van der Waals surface area contributed by atoms with Crippen molar-refractivity contribution in [2.75, 3.05) is 33.7 Å². The molecule has 3 rings (SSSR count). The fourth-order valence-electron chi connectivity index (χ4n) is 3.71.